The summed E-state index contributed by atoms with van der Waals surface area (Å²) in [4.78, 5) is 0. The average Bonchev–Trinajstić information content (AvgIpc) is 2.27. The van der Waals surface area contributed by atoms with Gasteiger partial charge in [-0.3, -0.25) is 0 Å². The van der Waals surface area contributed by atoms with Gasteiger partial charge in [0.2, 0.25) is 0 Å². The van der Waals surface area contributed by atoms with Gasteiger partial charge in [0.05, 0.1) is 0 Å². The van der Waals surface area contributed by atoms with E-state index < -0.39 is 0 Å². The zero-order valence-electron chi connectivity index (χ0n) is 10.2. The van der Waals surface area contributed by atoms with Crippen LogP contribution in [-0.4, -0.2) is 12.6 Å². The van der Waals surface area contributed by atoms with Crippen LogP contribution in [0.3, 0.4) is 0 Å². The number of nitrogens with one attached hydrogen (secondary N) is 1. The van der Waals surface area contributed by atoms with Gasteiger partial charge < -0.3 is 5.32 Å². The van der Waals surface area contributed by atoms with Crippen molar-refractivity contribution in [3.8, 4) is 0 Å². The summed E-state index contributed by atoms with van der Waals surface area (Å²) in [5.74, 6) is 1.55. The molecule has 0 aromatic rings. The van der Waals surface area contributed by atoms with Gasteiger partial charge in [0.15, 0.2) is 0 Å². The Kier molecular flexibility index (Phi) is 5.70. The zero-order valence-corrected chi connectivity index (χ0v) is 10.2. The van der Waals surface area contributed by atoms with E-state index in [0.717, 1.165) is 12.3 Å². The highest BCUT2D eigenvalue weighted by atomic mass is 14.9. The first kappa shape index (κ1) is 12.5. The number of rotatable bonds is 6. The van der Waals surface area contributed by atoms with Crippen molar-refractivity contribution in [1.29, 1.82) is 0 Å². The summed E-state index contributed by atoms with van der Waals surface area (Å²) in [6.45, 7) is 9.55. The molecule has 1 aliphatic rings. The number of hydrogen-bond donors (Lipinski definition) is 1. The average molecular weight is 207 g/mol. The van der Waals surface area contributed by atoms with E-state index in [9.17, 15) is 0 Å². The highest BCUT2D eigenvalue weighted by Crippen LogP contribution is 2.18. The van der Waals surface area contributed by atoms with Crippen LogP contribution in [0.5, 0.6) is 0 Å². The van der Waals surface area contributed by atoms with E-state index in [0.29, 0.717) is 12.0 Å². The van der Waals surface area contributed by atoms with Crippen LogP contribution in [0.2, 0.25) is 0 Å². The summed E-state index contributed by atoms with van der Waals surface area (Å²) in [7, 11) is 0. The highest BCUT2D eigenvalue weighted by Gasteiger charge is 2.14. The lowest BCUT2D eigenvalue weighted by molar-refractivity contribution is 0.354. The maximum Gasteiger partial charge on any atom is 0.00674 e. The van der Waals surface area contributed by atoms with Crippen molar-refractivity contribution in [3.63, 3.8) is 0 Å². The second-order valence-corrected chi connectivity index (χ2v) is 4.85. The van der Waals surface area contributed by atoms with Crippen LogP contribution in [0, 0.1) is 11.8 Å². The SMILES string of the molecule is C=CCC(C)C(C)NCC1CC=CCC1. The molecule has 86 valence electrons. The molecule has 0 amide bonds. The lowest BCUT2D eigenvalue weighted by atomic mass is 9.93. The monoisotopic (exact) mass is 207 g/mol. The van der Waals surface area contributed by atoms with E-state index in [-0.39, 0.29) is 0 Å². The first-order valence-corrected chi connectivity index (χ1v) is 6.23. The predicted molar refractivity (Wildman–Crippen MR) is 67.9 cm³/mol. The molecule has 15 heavy (non-hydrogen) atoms. The molecule has 0 saturated carbocycles. The Bertz CT molecular complexity index is 207. The Morgan fingerprint density at radius 1 is 1.47 bits per heavy atom. The topological polar surface area (TPSA) is 12.0 Å². The molecule has 1 aliphatic carbocycles. The molecule has 1 heteroatoms. The van der Waals surface area contributed by atoms with Crippen LogP contribution in [0.25, 0.3) is 0 Å². The molecule has 1 N–H and O–H groups in total. The van der Waals surface area contributed by atoms with Crippen LogP contribution >= 0.6 is 0 Å². The lowest BCUT2D eigenvalue weighted by Gasteiger charge is -2.24. The maximum atomic E-state index is 3.80. The smallest absolute Gasteiger partial charge is 0.00674 e. The molecule has 0 heterocycles. The molecule has 0 bridgehead atoms. The molecule has 0 radical (unpaired) electrons. The number of hydrogen-bond acceptors (Lipinski definition) is 1. The van der Waals surface area contributed by atoms with E-state index in [4.69, 9.17) is 0 Å². The van der Waals surface area contributed by atoms with Gasteiger partial charge in [-0.1, -0.05) is 25.2 Å². The fourth-order valence-corrected chi connectivity index (χ4v) is 2.06. The van der Waals surface area contributed by atoms with Gasteiger partial charge in [0.1, 0.15) is 0 Å². The molecule has 3 atom stereocenters. The Labute approximate surface area is 94.6 Å². The Morgan fingerprint density at radius 3 is 2.87 bits per heavy atom. The third-order valence-electron chi connectivity index (χ3n) is 3.50. The molecule has 1 nitrogen and oxygen atoms in total. The molecule has 0 fully saturated rings. The highest BCUT2D eigenvalue weighted by molar-refractivity contribution is 4.91. The lowest BCUT2D eigenvalue weighted by Crippen LogP contribution is -2.35. The summed E-state index contributed by atoms with van der Waals surface area (Å²) in [6, 6.07) is 0.605. The molecular weight excluding hydrogens is 182 g/mol. The minimum atomic E-state index is 0.605. The van der Waals surface area contributed by atoms with E-state index in [2.05, 4.69) is 37.9 Å². The van der Waals surface area contributed by atoms with E-state index in [1.807, 2.05) is 6.08 Å². The Balaban J connectivity index is 2.17. The third-order valence-corrected chi connectivity index (χ3v) is 3.50. The van der Waals surface area contributed by atoms with Crippen molar-refractivity contribution in [1.82, 2.24) is 5.32 Å². The molecule has 3 unspecified atom stereocenters. The normalized spacial score (nSPS) is 24.8. The van der Waals surface area contributed by atoms with Crippen molar-refractivity contribution in [3.05, 3.63) is 24.8 Å². The fourth-order valence-electron chi connectivity index (χ4n) is 2.06. The molecule has 1 rings (SSSR count). The van der Waals surface area contributed by atoms with E-state index in [1.54, 1.807) is 0 Å². The molecule has 0 spiro atoms. The molecule has 0 saturated heterocycles. The van der Waals surface area contributed by atoms with Gasteiger partial charge in [-0.05, 0) is 51.0 Å². The van der Waals surface area contributed by atoms with Crippen molar-refractivity contribution >= 4 is 0 Å². The van der Waals surface area contributed by atoms with E-state index in [1.165, 1.54) is 25.8 Å². The van der Waals surface area contributed by atoms with Gasteiger partial charge in [0.25, 0.3) is 0 Å². The largest absolute Gasteiger partial charge is 0.314 e. The Morgan fingerprint density at radius 2 is 2.27 bits per heavy atom. The van der Waals surface area contributed by atoms with Crippen molar-refractivity contribution < 1.29 is 0 Å². The first-order valence-electron chi connectivity index (χ1n) is 6.23. The Hall–Kier alpha value is -0.560. The fraction of sp³-hybridized carbons (Fsp3) is 0.714. The summed E-state index contributed by atoms with van der Waals surface area (Å²) in [5.41, 5.74) is 0. The van der Waals surface area contributed by atoms with Crippen LogP contribution < -0.4 is 5.32 Å². The van der Waals surface area contributed by atoms with Gasteiger partial charge in [-0.25, -0.2) is 0 Å². The molecule has 0 aliphatic heterocycles. The summed E-state index contributed by atoms with van der Waals surface area (Å²) in [6.07, 6.45) is 11.6. The summed E-state index contributed by atoms with van der Waals surface area (Å²) < 4.78 is 0. The number of allylic oxidation sites excluding steroid dienone is 3. The van der Waals surface area contributed by atoms with Crippen LogP contribution in [0.1, 0.15) is 39.5 Å². The van der Waals surface area contributed by atoms with Gasteiger partial charge >= 0.3 is 0 Å². The van der Waals surface area contributed by atoms with Gasteiger partial charge in [0, 0.05) is 6.04 Å². The minimum Gasteiger partial charge on any atom is -0.314 e. The van der Waals surface area contributed by atoms with Crippen molar-refractivity contribution in [2.24, 2.45) is 11.8 Å². The van der Waals surface area contributed by atoms with Gasteiger partial charge in [-0.15, -0.1) is 6.58 Å². The third kappa shape index (κ3) is 4.65. The van der Waals surface area contributed by atoms with Crippen LogP contribution in [0.4, 0.5) is 0 Å². The molecule has 0 aromatic carbocycles. The minimum absolute atomic E-state index is 0.605. The second kappa shape index (κ2) is 6.84. The summed E-state index contributed by atoms with van der Waals surface area (Å²) >= 11 is 0. The predicted octanol–water partition coefficient (Wildman–Crippen LogP) is 3.53. The van der Waals surface area contributed by atoms with Crippen molar-refractivity contribution in [2.45, 2.75) is 45.6 Å². The molecular formula is C14H25N. The van der Waals surface area contributed by atoms with E-state index >= 15 is 0 Å². The summed E-state index contributed by atoms with van der Waals surface area (Å²) in [5, 5.41) is 3.66. The molecule has 0 aromatic heterocycles. The first-order chi connectivity index (χ1) is 7.24. The zero-order chi connectivity index (χ0) is 11.1. The standard InChI is InChI=1S/C14H25N/c1-4-8-12(2)13(3)15-11-14-9-6-5-7-10-14/h4-6,12-15H,1,7-11H2,2-3H3. The maximum absolute atomic E-state index is 3.80. The second-order valence-electron chi connectivity index (χ2n) is 4.85. The van der Waals surface area contributed by atoms with Crippen molar-refractivity contribution in [2.75, 3.05) is 6.54 Å². The van der Waals surface area contributed by atoms with Crippen LogP contribution in [-0.2, 0) is 0 Å². The quantitative estimate of drug-likeness (QED) is 0.657. The van der Waals surface area contributed by atoms with Gasteiger partial charge in [-0.2, -0.15) is 0 Å². The van der Waals surface area contributed by atoms with Crippen LogP contribution in [0.15, 0.2) is 24.8 Å².